The summed E-state index contributed by atoms with van der Waals surface area (Å²) in [6.45, 7) is 2.48. The van der Waals surface area contributed by atoms with E-state index in [0.717, 1.165) is 18.4 Å². The molecule has 1 unspecified atom stereocenters. The molecule has 0 amide bonds. The zero-order chi connectivity index (χ0) is 15.2. The molecular weight excluding hydrogens is 335 g/mol. The maximum Gasteiger partial charge on any atom is 0.166 e. The molecule has 1 aliphatic rings. The Kier molecular flexibility index (Phi) is 6.37. The molecule has 1 atom stereocenters. The summed E-state index contributed by atoms with van der Waals surface area (Å²) in [6, 6.07) is 4.74. The van der Waals surface area contributed by atoms with Gasteiger partial charge in [-0.3, -0.25) is 4.79 Å². The van der Waals surface area contributed by atoms with E-state index in [4.69, 9.17) is 4.74 Å². The fraction of sp³-hybridized carbons (Fsp3) is 0.588. The molecule has 1 fully saturated rings. The first-order valence-corrected chi connectivity index (χ1v) is 8.49. The van der Waals surface area contributed by atoms with Gasteiger partial charge in [-0.25, -0.2) is 4.39 Å². The summed E-state index contributed by atoms with van der Waals surface area (Å²) >= 11 is 3.16. The average molecular weight is 357 g/mol. The molecule has 116 valence electrons. The Morgan fingerprint density at radius 3 is 2.71 bits per heavy atom. The molecule has 0 aromatic heterocycles. The van der Waals surface area contributed by atoms with Crippen molar-refractivity contribution in [3.8, 4) is 0 Å². The largest absolute Gasteiger partial charge is 0.370 e. The molecule has 1 aliphatic carbocycles. The van der Waals surface area contributed by atoms with Crippen LogP contribution in [0, 0.1) is 11.7 Å². The second-order valence-corrected chi connectivity index (χ2v) is 6.52. The van der Waals surface area contributed by atoms with E-state index in [1.165, 1.54) is 25.3 Å². The molecule has 1 aromatic carbocycles. The number of carbonyl (C=O) groups is 1. The number of hydrogen-bond donors (Lipinski definition) is 0. The number of halogens is 2. The monoisotopic (exact) mass is 356 g/mol. The predicted molar refractivity (Wildman–Crippen MR) is 84.8 cm³/mol. The Labute approximate surface area is 134 Å². The Balaban J connectivity index is 2.05. The van der Waals surface area contributed by atoms with Crippen molar-refractivity contribution in [1.29, 1.82) is 0 Å². The fourth-order valence-corrected chi connectivity index (χ4v) is 3.49. The maximum absolute atomic E-state index is 13.2. The van der Waals surface area contributed by atoms with Crippen LogP contribution in [0.4, 0.5) is 4.39 Å². The van der Waals surface area contributed by atoms with E-state index < -0.39 is 0 Å². The summed E-state index contributed by atoms with van der Waals surface area (Å²) < 4.78 is 19.4. The number of ketones is 1. The Morgan fingerprint density at radius 2 is 2.10 bits per heavy atom. The van der Waals surface area contributed by atoms with Crippen molar-refractivity contribution >= 4 is 21.7 Å². The van der Waals surface area contributed by atoms with Gasteiger partial charge in [-0.1, -0.05) is 25.3 Å². The third kappa shape index (κ3) is 4.62. The van der Waals surface area contributed by atoms with E-state index in [9.17, 15) is 9.18 Å². The average Bonchev–Trinajstić information content (AvgIpc) is 2.49. The molecule has 0 bridgehead atoms. The molecule has 1 saturated carbocycles. The van der Waals surface area contributed by atoms with Crippen molar-refractivity contribution in [1.82, 2.24) is 0 Å². The molecular formula is C17H22BrFO2. The van der Waals surface area contributed by atoms with Gasteiger partial charge in [0, 0.05) is 13.0 Å². The van der Waals surface area contributed by atoms with Crippen LogP contribution in [-0.4, -0.2) is 18.5 Å². The van der Waals surface area contributed by atoms with Crippen LogP contribution < -0.4 is 0 Å². The molecule has 2 nitrogen and oxygen atoms in total. The lowest BCUT2D eigenvalue weighted by Crippen LogP contribution is -2.35. The van der Waals surface area contributed by atoms with E-state index in [-0.39, 0.29) is 17.7 Å². The molecule has 21 heavy (non-hydrogen) atoms. The Hall–Kier alpha value is -0.740. The van der Waals surface area contributed by atoms with Crippen molar-refractivity contribution in [3.63, 3.8) is 0 Å². The Morgan fingerprint density at radius 1 is 1.38 bits per heavy atom. The van der Waals surface area contributed by atoms with E-state index in [1.807, 2.05) is 6.92 Å². The number of ether oxygens (including phenoxy) is 1. The minimum absolute atomic E-state index is 0.113. The zero-order valence-electron chi connectivity index (χ0n) is 12.4. The molecule has 2 rings (SSSR count). The number of rotatable bonds is 6. The second-order valence-electron chi connectivity index (χ2n) is 5.67. The summed E-state index contributed by atoms with van der Waals surface area (Å²) in [5, 5.41) is 0. The molecule has 0 N–H and O–H groups in total. The molecule has 1 aromatic rings. The van der Waals surface area contributed by atoms with Crippen LogP contribution in [0.2, 0.25) is 0 Å². The first kappa shape index (κ1) is 16.6. The van der Waals surface area contributed by atoms with Gasteiger partial charge < -0.3 is 4.74 Å². The molecule has 0 heterocycles. The lowest BCUT2D eigenvalue weighted by atomic mass is 9.82. The molecule has 0 saturated heterocycles. The molecule has 0 aliphatic heterocycles. The van der Waals surface area contributed by atoms with Gasteiger partial charge in [0.05, 0.1) is 4.47 Å². The van der Waals surface area contributed by atoms with Crippen molar-refractivity contribution in [2.45, 2.75) is 51.6 Å². The third-order valence-electron chi connectivity index (χ3n) is 4.10. The zero-order valence-corrected chi connectivity index (χ0v) is 14.0. The lowest BCUT2D eigenvalue weighted by molar-refractivity contribution is -0.134. The van der Waals surface area contributed by atoms with Crippen LogP contribution in [0.3, 0.4) is 0 Å². The third-order valence-corrected chi connectivity index (χ3v) is 4.71. The van der Waals surface area contributed by atoms with Crippen LogP contribution in [0.15, 0.2) is 22.7 Å². The van der Waals surface area contributed by atoms with Crippen LogP contribution in [0.1, 0.15) is 44.6 Å². The van der Waals surface area contributed by atoms with Gasteiger partial charge in [-0.2, -0.15) is 0 Å². The van der Waals surface area contributed by atoms with Crippen molar-refractivity contribution in [2.75, 3.05) is 6.61 Å². The highest BCUT2D eigenvalue weighted by Gasteiger charge is 2.29. The Bertz CT molecular complexity index is 484. The van der Waals surface area contributed by atoms with Gasteiger partial charge in [0.2, 0.25) is 0 Å². The first-order valence-electron chi connectivity index (χ1n) is 7.70. The number of Topliss-reactive ketones (excluding diaryl/α,β-unsaturated/α-hetero) is 1. The van der Waals surface area contributed by atoms with E-state index in [1.54, 1.807) is 12.1 Å². The maximum atomic E-state index is 13.2. The first-order chi connectivity index (χ1) is 10.1. The standard InChI is InChI=1S/C17H22BrFO2/c1-2-21-17(13-6-4-3-5-7-13)16(20)11-12-8-9-15(19)14(18)10-12/h8-10,13,17H,2-7,11H2,1H3. The molecule has 0 spiro atoms. The fourth-order valence-electron chi connectivity index (χ4n) is 3.06. The van der Waals surface area contributed by atoms with Gasteiger partial charge in [-0.05, 0) is 59.3 Å². The molecule has 4 heteroatoms. The van der Waals surface area contributed by atoms with Crippen molar-refractivity contribution in [3.05, 3.63) is 34.1 Å². The topological polar surface area (TPSA) is 26.3 Å². The van der Waals surface area contributed by atoms with E-state index in [0.29, 0.717) is 23.4 Å². The van der Waals surface area contributed by atoms with Crippen molar-refractivity contribution < 1.29 is 13.9 Å². The summed E-state index contributed by atoms with van der Waals surface area (Å²) in [7, 11) is 0. The lowest BCUT2D eigenvalue weighted by Gasteiger charge is -2.29. The molecule has 0 radical (unpaired) electrons. The van der Waals surface area contributed by atoms with Crippen LogP contribution >= 0.6 is 15.9 Å². The highest BCUT2D eigenvalue weighted by molar-refractivity contribution is 9.10. The number of hydrogen-bond acceptors (Lipinski definition) is 2. The van der Waals surface area contributed by atoms with E-state index >= 15 is 0 Å². The van der Waals surface area contributed by atoms with Crippen LogP contribution in [-0.2, 0) is 16.0 Å². The second kappa shape index (κ2) is 8.04. The van der Waals surface area contributed by atoms with Gasteiger partial charge in [0.25, 0.3) is 0 Å². The quantitative estimate of drug-likeness (QED) is 0.739. The van der Waals surface area contributed by atoms with Gasteiger partial charge in [0.15, 0.2) is 5.78 Å². The highest BCUT2D eigenvalue weighted by Crippen LogP contribution is 2.29. The van der Waals surface area contributed by atoms with Gasteiger partial charge in [0.1, 0.15) is 11.9 Å². The summed E-state index contributed by atoms with van der Waals surface area (Å²) in [5.74, 6) is 0.150. The smallest absolute Gasteiger partial charge is 0.166 e. The predicted octanol–water partition coefficient (Wildman–Crippen LogP) is 4.69. The number of carbonyl (C=O) groups excluding carboxylic acids is 1. The summed E-state index contributed by atoms with van der Waals surface area (Å²) in [6.07, 6.45) is 5.77. The van der Waals surface area contributed by atoms with Crippen LogP contribution in [0.25, 0.3) is 0 Å². The normalized spacial score (nSPS) is 17.7. The number of benzene rings is 1. The highest BCUT2D eigenvalue weighted by atomic mass is 79.9. The minimum atomic E-state index is -0.306. The van der Waals surface area contributed by atoms with Gasteiger partial charge in [-0.15, -0.1) is 0 Å². The summed E-state index contributed by atoms with van der Waals surface area (Å²) in [4.78, 5) is 12.6. The van der Waals surface area contributed by atoms with Gasteiger partial charge >= 0.3 is 0 Å². The van der Waals surface area contributed by atoms with Crippen LogP contribution in [0.5, 0.6) is 0 Å². The minimum Gasteiger partial charge on any atom is -0.370 e. The van der Waals surface area contributed by atoms with E-state index in [2.05, 4.69) is 15.9 Å². The van der Waals surface area contributed by atoms with Crippen molar-refractivity contribution in [2.24, 2.45) is 5.92 Å². The summed E-state index contributed by atoms with van der Waals surface area (Å²) in [5.41, 5.74) is 0.828. The SMILES string of the molecule is CCOC(C(=O)Cc1ccc(F)c(Br)c1)C1CCCCC1.